The number of phenols is 1. The van der Waals surface area contributed by atoms with Crippen LogP contribution in [0.5, 0.6) is 17.2 Å². The van der Waals surface area contributed by atoms with Gasteiger partial charge in [0.05, 0.1) is 5.56 Å². The van der Waals surface area contributed by atoms with Gasteiger partial charge in [0.25, 0.3) is 0 Å². The lowest BCUT2D eigenvalue weighted by molar-refractivity contribution is 0.0734. The second-order valence-electron chi connectivity index (χ2n) is 3.78. The van der Waals surface area contributed by atoms with Crippen LogP contribution < -0.4 is 9.47 Å². The van der Waals surface area contributed by atoms with Gasteiger partial charge in [-0.05, 0) is 48.5 Å². The summed E-state index contributed by atoms with van der Waals surface area (Å²) < 4.78 is 9.49. The van der Waals surface area contributed by atoms with Gasteiger partial charge in [-0.15, -0.1) is 0 Å². The molecule has 0 aliphatic rings. The minimum absolute atomic E-state index is 0.0694. The number of carboxylic acid groups (broad SMARTS) is 1. The number of phenolic OH excluding ortho intramolecular Hbond substituents is 1. The smallest absolute Gasteiger partial charge is 0.508 e. The second kappa shape index (κ2) is 5.75. The fraction of sp³-hybridized carbons (Fsp3) is 0. The first-order chi connectivity index (χ1) is 9.54. The van der Waals surface area contributed by atoms with Crippen molar-refractivity contribution in [1.29, 1.82) is 0 Å². The molecule has 0 unspecified atom stereocenters. The maximum atomic E-state index is 11.8. The van der Waals surface area contributed by atoms with Gasteiger partial charge in [0, 0.05) is 0 Å². The summed E-state index contributed by atoms with van der Waals surface area (Å²) in [6.07, 6.45) is -1.43. The average molecular weight is 274 g/mol. The highest BCUT2D eigenvalue weighted by Gasteiger charge is 2.09. The Morgan fingerprint density at radius 1 is 0.800 bits per heavy atom. The molecule has 2 N–H and O–H groups in total. The predicted octanol–water partition coefficient (Wildman–Crippen LogP) is 2.67. The van der Waals surface area contributed by atoms with Crippen molar-refractivity contribution in [1.82, 2.24) is 0 Å². The quantitative estimate of drug-likeness (QED) is 0.507. The number of aromatic hydroxyl groups is 1. The first-order valence-electron chi connectivity index (χ1n) is 5.56. The number of carbonyl (C=O) groups excluding carboxylic acids is 1. The van der Waals surface area contributed by atoms with E-state index >= 15 is 0 Å². The predicted molar refractivity (Wildman–Crippen MR) is 68.2 cm³/mol. The molecule has 2 aromatic carbocycles. The Hall–Kier alpha value is -3.02. The van der Waals surface area contributed by atoms with Crippen molar-refractivity contribution in [3.63, 3.8) is 0 Å². The number of benzene rings is 2. The summed E-state index contributed by atoms with van der Waals surface area (Å²) in [6, 6.07) is 11.2. The Balaban J connectivity index is 2.05. The van der Waals surface area contributed by atoms with Crippen LogP contribution in [-0.4, -0.2) is 22.3 Å². The molecule has 0 fully saturated rings. The van der Waals surface area contributed by atoms with E-state index in [1.807, 2.05) is 0 Å². The van der Waals surface area contributed by atoms with E-state index in [4.69, 9.17) is 14.9 Å². The summed E-state index contributed by atoms with van der Waals surface area (Å²) in [5.41, 5.74) is 0.246. The summed E-state index contributed by atoms with van der Waals surface area (Å²) in [5, 5.41) is 17.5. The average Bonchev–Trinajstić information content (AvgIpc) is 2.41. The maximum Gasteiger partial charge on any atom is 0.511 e. The van der Waals surface area contributed by atoms with Gasteiger partial charge in [0.15, 0.2) is 0 Å². The summed E-state index contributed by atoms with van der Waals surface area (Å²) in [5.74, 6) is -0.130. The Morgan fingerprint density at radius 3 is 1.85 bits per heavy atom. The molecule has 20 heavy (non-hydrogen) atoms. The molecule has 0 heterocycles. The Morgan fingerprint density at radius 2 is 1.30 bits per heavy atom. The lowest BCUT2D eigenvalue weighted by Gasteiger charge is -2.05. The molecule has 0 bridgehead atoms. The topological polar surface area (TPSA) is 93.1 Å². The number of hydrogen-bond donors (Lipinski definition) is 2. The molecule has 0 aromatic heterocycles. The third kappa shape index (κ3) is 3.49. The lowest BCUT2D eigenvalue weighted by Crippen LogP contribution is -2.08. The summed E-state index contributed by atoms with van der Waals surface area (Å²) in [4.78, 5) is 22.1. The molecule has 0 aliphatic heterocycles. The van der Waals surface area contributed by atoms with E-state index in [1.54, 1.807) is 0 Å². The van der Waals surface area contributed by atoms with Gasteiger partial charge >= 0.3 is 12.1 Å². The summed E-state index contributed by atoms with van der Waals surface area (Å²) >= 11 is 0. The van der Waals surface area contributed by atoms with Crippen LogP contribution in [0.2, 0.25) is 0 Å². The number of hydrogen-bond acceptors (Lipinski definition) is 5. The number of rotatable bonds is 3. The molecule has 6 nitrogen and oxygen atoms in total. The third-order valence-corrected chi connectivity index (χ3v) is 2.34. The van der Waals surface area contributed by atoms with Gasteiger partial charge in [-0.25, -0.2) is 9.59 Å². The number of esters is 1. The zero-order valence-corrected chi connectivity index (χ0v) is 10.1. The lowest BCUT2D eigenvalue weighted by atomic mass is 10.2. The van der Waals surface area contributed by atoms with Crippen molar-refractivity contribution in [2.24, 2.45) is 0 Å². The van der Waals surface area contributed by atoms with Crippen LogP contribution in [0, 0.1) is 0 Å². The molecular weight excluding hydrogens is 264 g/mol. The van der Waals surface area contributed by atoms with Gasteiger partial charge in [-0.3, -0.25) is 0 Å². The minimum atomic E-state index is -1.43. The minimum Gasteiger partial charge on any atom is -0.508 e. The van der Waals surface area contributed by atoms with Gasteiger partial charge in [0.2, 0.25) is 0 Å². The highest BCUT2D eigenvalue weighted by atomic mass is 16.7. The van der Waals surface area contributed by atoms with Crippen LogP contribution in [-0.2, 0) is 0 Å². The van der Waals surface area contributed by atoms with Gasteiger partial charge < -0.3 is 19.7 Å². The van der Waals surface area contributed by atoms with E-state index in [2.05, 4.69) is 4.74 Å². The molecule has 0 saturated heterocycles. The zero-order chi connectivity index (χ0) is 14.5. The van der Waals surface area contributed by atoms with Crippen LogP contribution >= 0.6 is 0 Å². The molecule has 2 rings (SSSR count). The fourth-order valence-electron chi connectivity index (χ4n) is 1.44. The van der Waals surface area contributed by atoms with Crippen LogP contribution in [0.3, 0.4) is 0 Å². The molecule has 0 saturated carbocycles. The summed E-state index contributed by atoms with van der Waals surface area (Å²) in [7, 11) is 0. The molecule has 0 radical (unpaired) electrons. The molecule has 0 spiro atoms. The Labute approximate surface area is 113 Å². The maximum absolute atomic E-state index is 11.8. The van der Waals surface area contributed by atoms with Crippen molar-refractivity contribution < 1.29 is 29.3 Å². The van der Waals surface area contributed by atoms with Crippen LogP contribution in [0.1, 0.15) is 10.4 Å². The third-order valence-electron chi connectivity index (χ3n) is 2.34. The normalized spacial score (nSPS) is 9.80. The van der Waals surface area contributed by atoms with Crippen LogP contribution in [0.15, 0.2) is 48.5 Å². The van der Waals surface area contributed by atoms with E-state index < -0.39 is 12.1 Å². The SMILES string of the molecule is O=C(O)Oc1ccc(C(=O)Oc2ccc(O)cc2)cc1. The first-order valence-corrected chi connectivity index (χ1v) is 5.56. The van der Waals surface area contributed by atoms with E-state index in [9.17, 15) is 9.59 Å². The second-order valence-corrected chi connectivity index (χ2v) is 3.78. The number of ether oxygens (including phenoxy) is 2. The molecule has 0 atom stereocenters. The van der Waals surface area contributed by atoms with Crippen molar-refractivity contribution in [2.75, 3.05) is 0 Å². The van der Waals surface area contributed by atoms with E-state index in [0.717, 1.165) is 0 Å². The van der Waals surface area contributed by atoms with Crippen molar-refractivity contribution in [3.05, 3.63) is 54.1 Å². The van der Waals surface area contributed by atoms with Gasteiger partial charge in [-0.2, -0.15) is 0 Å². The fourth-order valence-corrected chi connectivity index (χ4v) is 1.44. The van der Waals surface area contributed by atoms with Gasteiger partial charge in [0.1, 0.15) is 17.2 Å². The van der Waals surface area contributed by atoms with Crippen molar-refractivity contribution >= 4 is 12.1 Å². The Kier molecular flexibility index (Phi) is 3.85. The molecule has 0 amide bonds. The first kappa shape index (κ1) is 13.4. The molecular formula is C14H10O6. The highest BCUT2D eigenvalue weighted by molar-refractivity contribution is 5.91. The van der Waals surface area contributed by atoms with Crippen LogP contribution in [0.25, 0.3) is 0 Å². The van der Waals surface area contributed by atoms with E-state index in [0.29, 0.717) is 5.75 Å². The van der Waals surface area contributed by atoms with Crippen molar-refractivity contribution in [3.8, 4) is 17.2 Å². The van der Waals surface area contributed by atoms with E-state index in [-0.39, 0.29) is 17.1 Å². The largest absolute Gasteiger partial charge is 0.511 e. The van der Waals surface area contributed by atoms with Crippen LogP contribution in [0.4, 0.5) is 4.79 Å². The zero-order valence-electron chi connectivity index (χ0n) is 10.1. The highest BCUT2D eigenvalue weighted by Crippen LogP contribution is 2.18. The molecule has 0 aliphatic carbocycles. The molecule has 2 aromatic rings. The molecule has 6 heteroatoms. The summed E-state index contributed by atoms with van der Waals surface area (Å²) in [6.45, 7) is 0. The Bertz CT molecular complexity index is 615. The number of carbonyl (C=O) groups is 2. The van der Waals surface area contributed by atoms with E-state index in [1.165, 1.54) is 48.5 Å². The van der Waals surface area contributed by atoms with Crippen molar-refractivity contribution in [2.45, 2.75) is 0 Å². The monoisotopic (exact) mass is 274 g/mol. The van der Waals surface area contributed by atoms with Gasteiger partial charge in [-0.1, -0.05) is 0 Å². The standard InChI is InChI=1S/C14H10O6/c15-10-3-7-11(8-4-10)19-13(16)9-1-5-12(6-2-9)20-14(17)18/h1-8,15H,(H,17,18). The molecule has 102 valence electrons.